The summed E-state index contributed by atoms with van der Waals surface area (Å²) in [6.45, 7) is 5.82. The van der Waals surface area contributed by atoms with Crippen molar-refractivity contribution >= 4 is 11.8 Å². The molecule has 35 heavy (non-hydrogen) atoms. The molecule has 8 heteroatoms. The summed E-state index contributed by atoms with van der Waals surface area (Å²) in [5.41, 5.74) is 8.67. The van der Waals surface area contributed by atoms with Crippen LogP contribution in [0.2, 0.25) is 0 Å². The maximum atomic E-state index is 13.3. The van der Waals surface area contributed by atoms with E-state index < -0.39 is 6.04 Å². The second kappa shape index (κ2) is 12.2. The molecule has 0 saturated carbocycles. The summed E-state index contributed by atoms with van der Waals surface area (Å²) in [5.74, 6) is -0.306. The number of carbonyl (C=O) groups is 2. The second-order valence-electron chi connectivity index (χ2n) is 9.50. The van der Waals surface area contributed by atoms with Crippen LogP contribution in [0.3, 0.4) is 0 Å². The molecule has 0 aliphatic carbocycles. The fraction of sp³-hybridized carbons (Fsp3) is 0.519. The third-order valence-corrected chi connectivity index (χ3v) is 7.10. The summed E-state index contributed by atoms with van der Waals surface area (Å²) < 4.78 is 5.98. The third-order valence-electron chi connectivity index (χ3n) is 7.10. The van der Waals surface area contributed by atoms with Crippen molar-refractivity contribution < 1.29 is 14.3 Å². The van der Waals surface area contributed by atoms with Crippen molar-refractivity contribution in [2.75, 3.05) is 32.8 Å². The predicted octanol–water partition coefficient (Wildman–Crippen LogP) is 2.12. The number of hydrogen-bond donors (Lipinski definition) is 2. The lowest BCUT2D eigenvalue weighted by molar-refractivity contribution is -0.127. The van der Waals surface area contributed by atoms with Crippen LogP contribution in [0.1, 0.15) is 47.2 Å². The number of piperidine rings is 1. The van der Waals surface area contributed by atoms with Crippen molar-refractivity contribution in [2.24, 2.45) is 5.73 Å². The number of nitrogens with one attached hydrogen (secondary N) is 1. The van der Waals surface area contributed by atoms with E-state index in [1.54, 1.807) is 29.4 Å². The van der Waals surface area contributed by atoms with Crippen molar-refractivity contribution in [2.45, 2.75) is 57.3 Å². The number of benzene rings is 1. The van der Waals surface area contributed by atoms with Crippen LogP contribution in [0.15, 0.2) is 48.8 Å². The Morgan fingerprint density at radius 1 is 1.23 bits per heavy atom. The van der Waals surface area contributed by atoms with E-state index in [9.17, 15) is 9.59 Å². The third kappa shape index (κ3) is 6.45. The first-order valence-corrected chi connectivity index (χ1v) is 12.7. The molecule has 2 aromatic rings. The minimum Gasteiger partial charge on any atom is -0.377 e. The summed E-state index contributed by atoms with van der Waals surface area (Å²) in [4.78, 5) is 34.8. The maximum absolute atomic E-state index is 13.3. The van der Waals surface area contributed by atoms with E-state index in [2.05, 4.69) is 46.4 Å². The standard InChI is InChI=1S/C27H37N5O3/c1-20-6-2-3-7-22(20)18-31(19-24-9-5-15-35-24)23-10-14-32(25(16-23)26(33)30-13-11-28)27(34)21-8-4-12-29-17-21/h2-4,6-8,12,17,23-25H,5,9-11,13-16,18-19,28H2,1H3,(H,30,33)/t23?,24?,25-/m1/s1. The zero-order valence-electron chi connectivity index (χ0n) is 20.6. The number of nitrogens with two attached hydrogens (primary N) is 1. The van der Waals surface area contributed by atoms with Crippen LogP contribution in [0, 0.1) is 6.92 Å². The van der Waals surface area contributed by atoms with Crippen LogP contribution >= 0.6 is 0 Å². The number of amides is 2. The number of aryl methyl sites for hydroxylation is 1. The first-order valence-electron chi connectivity index (χ1n) is 12.7. The molecule has 2 saturated heterocycles. The average Bonchev–Trinajstić information content (AvgIpc) is 3.41. The minimum atomic E-state index is -0.558. The highest BCUT2D eigenvalue weighted by molar-refractivity contribution is 5.97. The van der Waals surface area contributed by atoms with E-state index >= 15 is 0 Å². The summed E-state index contributed by atoms with van der Waals surface area (Å²) in [6, 6.07) is 11.5. The van der Waals surface area contributed by atoms with Gasteiger partial charge in [0.1, 0.15) is 6.04 Å². The molecular weight excluding hydrogens is 442 g/mol. The van der Waals surface area contributed by atoms with E-state index in [-0.39, 0.29) is 24.0 Å². The average molecular weight is 480 g/mol. The number of nitrogens with zero attached hydrogens (tertiary/aromatic N) is 3. The van der Waals surface area contributed by atoms with Crippen LogP contribution in [0.25, 0.3) is 0 Å². The van der Waals surface area contributed by atoms with E-state index in [1.807, 2.05) is 0 Å². The van der Waals surface area contributed by atoms with Gasteiger partial charge in [0.25, 0.3) is 5.91 Å². The summed E-state index contributed by atoms with van der Waals surface area (Å²) in [7, 11) is 0. The van der Waals surface area contributed by atoms with Crippen LogP contribution in [-0.4, -0.2) is 77.6 Å². The van der Waals surface area contributed by atoms with Crippen LogP contribution in [-0.2, 0) is 16.1 Å². The Labute approximate surface area is 207 Å². The predicted molar refractivity (Wildman–Crippen MR) is 135 cm³/mol. The van der Waals surface area contributed by atoms with Crippen molar-refractivity contribution in [3.63, 3.8) is 0 Å². The van der Waals surface area contributed by atoms with Gasteiger partial charge in [-0.3, -0.25) is 19.5 Å². The van der Waals surface area contributed by atoms with Crippen molar-refractivity contribution in [1.82, 2.24) is 20.1 Å². The normalized spacial score (nSPS) is 22.4. The molecule has 3 heterocycles. The molecule has 0 spiro atoms. The Hall–Kier alpha value is -2.81. The first-order chi connectivity index (χ1) is 17.1. The van der Waals surface area contributed by atoms with Gasteiger partial charge in [-0.25, -0.2) is 0 Å². The number of ether oxygens (including phenoxy) is 1. The molecule has 3 N–H and O–H groups in total. The monoisotopic (exact) mass is 479 g/mol. The van der Waals surface area contributed by atoms with Gasteiger partial charge in [-0.1, -0.05) is 24.3 Å². The molecule has 8 nitrogen and oxygen atoms in total. The van der Waals surface area contributed by atoms with Crippen LogP contribution < -0.4 is 11.1 Å². The lowest BCUT2D eigenvalue weighted by Gasteiger charge is -2.43. The van der Waals surface area contributed by atoms with Crippen molar-refractivity contribution in [3.8, 4) is 0 Å². The fourth-order valence-electron chi connectivity index (χ4n) is 5.14. The Morgan fingerprint density at radius 3 is 2.80 bits per heavy atom. The molecular formula is C27H37N5O3. The number of aromatic nitrogens is 1. The van der Waals surface area contributed by atoms with Crippen molar-refractivity contribution in [1.29, 1.82) is 0 Å². The van der Waals surface area contributed by atoms with E-state index in [1.165, 1.54) is 11.1 Å². The molecule has 3 atom stereocenters. The maximum Gasteiger partial charge on any atom is 0.256 e. The number of carbonyl (C=O) groups excluding carboxylic acids is 2. The number of rotatable bonds is 9. The van der Waals surface area contributed by atoms with Gasteiger partial charge in [0.05, 0.1) is 11.7 Å². The van der Waals surface area contributed by atoms with E-state index in [0.717, 1.165) is 39.0 Å². The summed E-state index contributed by atoms with van der Waals surface area (Å²) in [5, 5.41) is 2.91. The topological polar surface area (TPSA) is 101 Å². The largest absolute Gasteiger partial charge is 0.377 e. The Kier molecular flexibility index (Phi) is 8.84. The molecule has 0 radical (unpaired) electrons. The lowest BCUT2D eigenvalue weighted by Crippen LogP contribution is -2.58. The summed E-state index contributed by atoms with van der Waals surface area (Å²) in [6.07, 6.45) is 6.92. The Balaban J connectivity index is 1.56. The molecule has 2 fully saturated rings. The molecule has 2 aliphatic heterocycles. The Bertz CT molecular complexity index is 980. The van der Waals surface area contributed by atoms with Gasteiger partial charge < -0.3 is 20.7 Å². The number of pyridine rings is 1. The smallest absolute Gasteiger partial charge is 0.256 e. The number of likely N-dealkylation sites (tertiary alicyclic amines) is 1. The molecule has 188 valence electrons. The highest BCUT2D eigenvalue weighted by Crippen LogP contribution is 2.27. The van der Waals surface area contributed by atoms with Gasteiger partial charge in [-0.15, -0.1) is 0 Å². The Morgan fingerprint density at radius 2 is 2.09 bits per heavy atom. The van der Waals surface area contributed by atoms with E-state index in [0.29, 0.717) is 31.6 Å². The second-order valence-corrected chi connectivity index (χ2v) is 9.50. The molecule has 2 amide bonds. The fourth-order valence-corrected chi connectivity index (χ4v) is 5.14. The molecule has 1 aromatic heterocycles. The number of hydrogen-bond acceptors (Lipinski definition) is 6. The molecule has 1 aromatic carbocycles. The van der Waals surface area contributed by atoms with Gasteiger partial charge in [0, 0.05) is 57.8 Å². The van der Waals surface area contributed by atoms with Crippen LogP contribution in [0.5, 0.6) is 0 Å². The minimum absolute atomic E-state index is 0.148. The highest BCUT2D eigenvalue weighted by atomic mass is 16.5. The van der Waals surface area contributed by atoms with Crippen molar-refractivity contribution in [3.05, 3.63) is 65.5 Å². The molecule has 2 unspecified atom stereocenters. The zero-order valence-corrected chi connectivity index (χ0v) is 20.6. The molecule has 4 rings (SSSR count). The SMILES string of the molecule is Cc1ccccc1CN(CC1CCCO1)C1CCN(C(=O)c2cccnc2)[C@@H](C(=O)NCCN)C1. The molecule has 0 bridgehead atoms. The van der Waals surface area contributed by atoms with Gasteiger partial charge in [0.2, 0.25) is 5.91 Å². The zero-order chi connectivity index (χ0) is 24.6. The van der Waals surface area contributed by atoms with Crippen LogP contribution in [0.4, 0.5) is 0 Å². The van der Waals surface area contributed by atoms with Gasteiger partial charge in [-0.05, 0) is 55.9 Å². The first kappa shape index (κ1) is 25.3. The van der Waals surface area contributed by atoms with E-state index in [4.69, 9.17) is 10.5 Å². The summed E-state index contributed by atoms with van der Waals surface area (Å²) >= 11 is 0. The highest BCUT2D eigenvalue weighted by Gasteiger charge is 2.39. The lowest BCUT2D eigenvalue weighted by atomic mass is 9.93. The van der Waals surface area contributed by atoms with Gasteiger partial charge in [0.15, 0.2) is 0 Å². The van der Waals surface area contributed by atoms with Gasteiger partial charge in [-0.2, -0.15) is 0 Å². The quantitative estimate of drug-likeness (QED) is 0.571. The van der Waals surface area contributed by atoms with Gasteiger partial charge >= 0.3 is 0 Å². The molecule has 2 aliphatic rings.